The van der Waals surface area contributed by atoms with E-state index in [-0.39, 0.29) is 5.41 Å². The van der Waals surface area contributed by atoms with Crippen LogP contribution in [0.4, 0.5) is 0 Å². The van der Waals surface area contributed by atoms with Crippen LogP contribution >= 0.6 is 0 Å². The SMILES string of the molecule is CCC(C)(C)CCCCC(C)CCCCCC(CC)(CC)c1cccc(C)c1O. The van der Waals surface area contributed by atoms with Gasteiger partial charge in [0.05, 0.1) is 0 Å². The number of aryl methyl sites for hydroxylation is 1. The summed E-state index contributed by atoms with van der Waals surface area (Å²) in [5, 5.41) is 10.6. The first-order valence-corrected chi connectivity index (χ1v) is 12.5. The van der Waals surface area contributed by atoms with Gasteiger partial charge in [0.25, 0.3) is 0 Å². The second-order valence-corrected chi connectivity index (χ2v) is 10.4. The van der Waals surface area contributed by atoms with Gasteiger partial charge in [-0.05, 0) is 54.9 Å². The van der Waals surface area contributed by atoms with Crippen molar-refractivity contribution in [3.05, 3.63) is 29.3 Å². The molecule has 0 aromatic heterocycles. The molecule has 168 valence electrons. The molecular formula is C28H50O. The van der Waals surface area contributed by atoms with E-state index in [1.165, 1.54) is 69.8 Å². The highest BCUT2D eigenvalue weighted by Crippen LogP contribution is 2.42. The molecule has 0 bridgehead atoms. The quantitative estimate of drug-likeness (QED) is 0.290. The molecule has 0 amide bonds. The van der Waals surface area contributed by atoms with E-state index >= 15 is 0 Å². The average Bonchev–Trinajstić information content (AvgIpc) is 2.71. The maximum absolute atomic E-state index is 10.6. The zero-order valence-electron chi connectivity index (χ0n) is 20.7. The van der Waals surface area contributed by atoms with E-state index in [0.29, 0.717) is 11.2 Å². The van der Waals surface area contributed by atoms with Crippen molar-refractivity contribution in [1.29, 1.82) is 0 Å². The standard InChI is InChI=1S/C28H50O/c1-8-27(6,7)21-15-13-18-23(4)17-12-11-14-22-28(9-2,10-3)25-20-16-19-24(5)26(25)29/h16,19-20,23,29H,8-15,17-18,21-22H2,1-7H3. The number of para-hydroxylation sites is 1. The summed E-state index contributed by atoms with van der Waals surface area (Å²) in [6, 6.07) is 6.27. The van der Waals surface area contributed by atoms with Gasteiger partial charge in [-0.15, -0.1) is 0 Å². The van der Waals surface area contributed by atoms with Gasteiger partial charge in [-0.1, -0.05) is 111 Å². The van der Waals surface area contributed by atoms with Crippen LogP contribution < -0.4 is 0 Å². The van der Waals surface area contributed by atoms with Crippen LogP contribution in [0.1, 0.15) is 130 Å². The van der Waals surface area contributed by atoms with E-state index in [1.54, 1.807) is 0 Å². The molecule has 29 heavy (non-hydrogen) atoms. The summed E-state index contributed by atoms with van der Waals surface area (Å²) in [6.45, 7) is 16.1. The topological polar surface area (TPSA) is 20.2 Å². The van der Waals surface area contributed by atoms with E-state index in [4.69, 9.17) is 0 Å². The molecule has 0 aliphatic carbocycles. The largest absolute Gasteiger partial charge is 0.507 e. The van der Waals surface area contributed by atoms with Crippen LogP contribution in [0, 0.1) is 18.3 Å². The van der Waals surface area contributed by atoms with E-state index in [0.717, 1.165) is 24.3 Å². The first-order chi connectivity index (χ1) is 13.7. The van der Waals surface area contributed by atoms with Crippen LogP contribution in [0.25, 0.3) is 0 Å². The highest BCUT2D eigenvalue weighted by atomic mass is 16.3. The second kappa shape index (κ2) is 12.7. The Morgan fingerprint density at radius 2 is 1.41 bits per heavy atom. The summed E-state index contributed by atoms with van der Waals surface area (Å²) in [6.07, 6.45) is 15.6. The monoisotopic (exact) mass is 402 g/mol. The van der Waals surface area contributed by atoms with Gasteiger partial charge < -0.3 is 5.11 Å². The molecular weight excluding hydrogens is 352 g/mol. The van der Waals surface area contributed by atoms with Crippen molar-refractivity contribution in [2.75, 3.05) is 0 Å². The van der Waals surface area contributed by atoms with Gasteiger partial charge >= 0.3 is 0 Å². The Morgan fingerprint density at radius 1 is 0.828 bits per heavy atom. The molecule has 1 atom stereocenters. The molecule has 1 N–H and O–H groups in total. The van der Waals surface area contributed by atoms with Crippen molar-refractivity contribution in [3.63, 3.8) is 0 Å². The molecule has 1 heteroatoms. The molecule has 0 spiro atoms. The van der Waals surface area contributed by atoms with Crippen molar-refractivity contribution in [3.8, 4) is 5.75 Å². The molecule has 1 nitrogen and oxygen atoms in total. The predicted molar refractivity (Wildman–Crippen MR) is 130 cm³/mol. The Bertz CT molecular complexity index is 568. The van der Waals surface area contributed by atoms with Gasteiger partial charge in [-0.25, -0.2) is 0 Å². The van der Waals surface area contributed by atoms with Crippen LogP contribution in [-0.4, -0.2) is 5.11 Å². The predicted octanol–water partition coefficient (Wildman–Crippen LogP) is 9.34. The molecule has 0 heterocycles. The van der Waals surface area contributed by atoms with Crippen molar-refractivity contribution in [1.82, 2.24) is 0 Å². The number of unbranched alkanes of at least 4 members (excludes halogenated alkanes) is 3. The number of rotatable bonds is 15. The summed E-state index contributed by atoms with van der Waals surface area (Å²) >= 11 is 0. The fraction of sp³-hybridized carbons (Fsp3) is 0.786. The van der Waals surface area contributed by atoms with Crippen LogP contribution in [-0.2, 0) is 5.41 Å². The third-order valence-corrected chi connectivity index (χ3v) is 7.77. The smallest absolute Gasteiger partial charge is 0.122 e. The van der Waals surface area contributed by atoms with Gasteiger partial charge in [-0.2, -0.15) is 0 Å². The molecule has 0 aliphatic heterocycles. The van der Waals surface area contributed by atoms with Gasteiger partial charge in [-0.3, -0.25) is 0 Å². The molecule has 0 aliphatic rings. The van der Waals surface area contributed by atoms with Gasteiger partial charge in [0, 0.05) is 5.56 Å². The highest BCUT2D eigenvalue weighted by Gasteiger charge is 2.30. The number of benzene rings is 1. The van der Waals surface area contributed by atoms with Gasteiger partial charge in [0.2, 0.25) is 0 Å². The van der Waals surface area contributed by atoms with Crippen molar-refractivity contribution >= 4 is 0 Å². The zero-order chi connectivity index (χ0) is 21.9. The molecule has 1 aromatic rings. The van der Waals surface area contributed by atoms with Crippen LogP contribution in [0.3, 0.4) is 0 Å². The number of phenolic OH excluding ortho intramolecular Hbond substituents is 1. The zero-order valence-corrected chi connectivity index (χ0v) is 20.7. The van der Waals surface area contributed by atoms with Crippen LogP contribution in [0.5, 0.6) is 5.75 Å². The molecule has 1 rings (SSSR count). The molecule has 0 saturated carbocycles. The molecule has 1 unspecified atom stereocenters. The molecule has 0 fully saturated rings. The Kier molecular flexibility index (Phi) is 11.4. The minimum Gasteiger partial charge on any atom is -0.507 e. The minimum atomic E-state index is 0.133. The number of hydrogen-bond acceptors (Lipinski definition) is 1. The molecule has 0 radical (unpaired) electrons. The molecule has 0 saturated heterocycles. The lowest BCUT2D eigenvalue weighted by molar-refractivity contribution is 0.300. The Hall–Kier alpha value is -0.980. The average molecular weight is 403 g/mol. The first-order valence-electron chi connectivity index (χ1n) is 12.5. The normalized spacial score (nSPS) is 13.6. The van der Waals surface area contributed by atoms with Crippen molar-refractivity contribution in [2.45, 2.75) is 131 Å². The summed E-state index contributed by atoms with van der Waals surface area (Å²) in [7, 11) is 0. The van der Waals surface area contributed by atoms with Gasteiger partial charge in [0.15, 0.2) is 0 Å². The lowest BCUT2D eigenvalue weighted by Crippen LogP contribution is -2.24. The fourth-order valence-corrected chi connectivity index (χ4v) is 4.76. The Morgan fingerprint density at radius 3 is 2.00 bits per heavy atom. The third kappa shape index (κ3) is 8.35. The second-order valence-electron chi connectivity index (χ2n) is 10.4. The summed E-state index contributed by atoms with van der Waals surface area (Å²) in [5.41, 5.74) is 2.84. The fourth-order valence-electron chi connectivity index (χ4n) is 4.76. The molecule has 1 aromatic carbocycles. The summed E-state index contributed by atoms with van der Waals surface area (Å²) < 4.78 is 0. The summed E-state index contributed by atoms with van der Waals surface area (Å²) in [4.78, 5) is 0. The Labute approximate surface area is 182 Å². The lowest BCUT2D eigenvalue weighted by atomic mass is 9.71. The first kappa shape index (κ1) is 26.1. The van der Waals surface area contributed by atoms with Crippen LogP contribution in [0.15, 0.2) is 18.2 Å². The third-order valence-electron chi connectivity index (χ3n) is 7.77. The van der Waals surface area contributed by atoms with Crippen LogP contribution in [0.2, 0.25) is 0 Å². The van der Waals surface area contributed by atoms with E-state index in [9.17, 15) is 5.11 Å². The number of phenols is 1. The van der Waals surface area contributed by atoms with E-state index in [1.807, 2.05) is 13.0 Å². The lowest BCUT2D eigenvalue weighted by Gasteiger charge is -2.33. The highest BCUT2D eigenvalue weighted by molar-refractivity contribution is 5.44. The van der Waals surface area contributed by atoms with Crippen molar-refractivity contribution in [2.24, 2.45) is 11.3 Å². The van der Waals surface area contributed by atoms with Crippen molar-refractivity contribution < 1.29 is 5.11 Å². The maximum Gasteiger partial charge on any atom is 0.122 e. The Balaban J connectivity index is 2.37. The van der Waals surface area contributed by atoms with E-state index < -0.39 is 0 Å². The minimum absolute atomic E-state index is 0.133. The van der Waals surface area contributed by atoms with Gasteiger partial charge in [0.1, 0.15) is 5.75 Å². The number of aromatic hydroxyl groups is 1. The summed E-state index contributed by atoms with van der Waals surface area (Å²) in [5.74, 6) is 1.39. The number of hydrogen-bond donors (Lipinski definition) is 1. The van der Waals surface area contributed by atoms with E-state index in [2.05, 4.69) is 53.7 Å². The maximum atomic E-state index is 10.6.